The summed E-state index contributed by atoms with van der Waals surface area (Å²) in [5.74, 6) is 0.0717. The largest absolute Gasteiger partial charge is 0.365 e. The number of benzene rings is 3. The van der Waals surface area contributed by atoms with E-state index in [1.165, 1.54) is 10.8 Å². The molecule has 4 aromatic rings. The predicted octanol–water partition coefficient (Wildman–Crippen LogP) is 5.11. The third kappa shape index (κ3) is 3.58. The first-order chi connectivity index (χ1) is 13.5. The number of hydrogen-bond donors (Lipinski definition) is 0. The van der Waals surface area contributed by atoms with Crippen LogP contribution in [0.3, 0.4) is 0 Å². The molecule has 0 radical (unpaired) electrons. The lowest BCUT2D eigenvalue weighted by Crippen LogP contribution is -2.38. The highest BCUT2D eigenvalue weighted by atomic mass is 32.1. The van der Waals surface area contributed by atoms with Gasteiger partial charge in [-0.3, -0.25) is 4.79 Å². The molecular weight excluding hydrogens is 366 g/mol. The number of para-hydroxylation sites is 1. The molecule has 1 atom stereocenters. The second-order valence-corrected chi connectivity index (χ2v) is 8.15. The molecule has 5 heteroatoms. The average molecular weight is 390 g/mol. The van der Waals surface area contributed by atoms with Crippen molar-refractivity contribution in [3.05, 3.63) is 71.7 Å². The third-order valence-corrected chi connectivity index (χ3v) is 6.40. The van der Waals surface area contributed by atoms with E-state index in [4.69, 9.17) is 4.98 Å². The van der Waals surface area contributed by atoms with Crippen LogP contribution in [-0.2, 0) is 4.79 Å². The van der Waals surface area contributed by atoms with Crippen molar-refractivity contribution < 1.29 is 4.79 Å². The standard InChI is InChI=1S/C23H23N3OS/c1-16(23-24-20-10-6-7-11-21(20)28-23)26(3)22(27)15-25(2)19-13-12-17-8-4-5-9-18(17)14-19/h4-14,16H,15H2,1-3H3/t16-/m0/s1. The van der Waals surface area contributed by atoms with E-state index in [0.717, 1.165) is 20.9 Å². The normalized spacial score (nSPS) is 12.2. The second kappa shape index (κ2) is 7.60. The molecule has 4 rings (SSSR count). The van der Waals surface area contributed by atoms with Gasteiger partial charge in [-0.05, 0) is 42.0 Å². The maximum absolute atomic E-state index is 12.9. The van der Waals surface area contributed by atoms with Gasteiger partial charge in [0.2, 0.25) is 5.91 Å². The van der Waals surface area contributed by atoms with Crippen LogP contribution < -0.4 is 4.90 Å². The summed E-state index contributed by atoms with van der Waals surface area (Å²) in [6, 6.07) is 22.6. The monoisotopic (exact) mass is 389 g/mol. The van der Waals surface area contributed by atoms with Crippen molar-refractivity contribution >= 4 is 43.9 Å². The van der Waals surface area contributed by atoms with E-state index in [9.17, 15) is 4.79 Å². The zero-order chi connectivity index (χ0) is 19.7. The zero-order valence-corrected chi connectivity index (χ0v) is 17.1. The van der Waals surface area contributed by atoms with E-state index in [2.05, 4.69) is 36.4 Å². The molecule has 0 saturated carbocycles. The fourth-order valence-electron chi connectivity index (χ4n) is 3.27. The number of amides is 1. The molecule has 0 N–H and O–H groups in total. The van der Waals surface area contributed by atoms with Crippen LogP contribution in [0.5, 0.6) is 0 Å². The molecule has 0 saturated heterocycles. The summed E-state index contributed by atoms with van der Waals surface area (Å²) >= 11 is 1.65. The van der Waals surface area contributed by atoms with E-state index in [1.807, 2.05) is 56.3 Å². The van der Waals surface area contributed by atoms with Gasteiger partial charge in [0.1, 0.15) is 5.01 Å². The fourth-order valence-corrected chi connectivity index (χ4v) is 4.33. The zero-order valence-electron chi connectivity index (χ0n) is 16.3. The number of fused-ring (bicyclic) bond motifs is 2. The van der Waals surface area contributed by atoms with Gasteiger partial charge in [0.25, 0.3) is 0 Å². The molecule has 28 heavy (non-hydrogen) atoms. The molecule has 0 spiro atoms. The van der Waals surface area contributed by atoms with Crippen LogP contribution >= 0.6 is 11.3 Å². The summed E-state index contributed by atoms with van der Waals surface area (Å²) in [5.41, 5.74) is 2.02. The van der Waals surface area contributed by atoms with Gasteiger partial charge < -0.3 is 9.80 Å². The number of rotatable bonds is 5. The summed E-state index contributed by atoms with van der Waals surface area (Å²) < 4.78 is 1.15. The van der Waals surface area contributed by atoms with Gasteiger partial charge in [0.15, 0.2) is 0 Å². The van der Waals surface area contributed by atoms with Crippen molar-refractivity contribution in [1.82, 2.24) is 9.88 Å². The van der Waals surface area contributed by atoms with Crippen LogP contribution in [0.25, 0.3) is 21.0 Å². The molecule has 4 nitrogen and oxygen atoms in total. The van der Waals surface area contributed by atoms with Gasteiger partial charge in [-0.1, -0.05) is 42.5 Å². The van der Waals surface area contributed by atoms with Crippen LogP contribution in [0.2, 0.25) is 0 Å². The van der Waals surface area contributed by atoms with Crippen LogP contribution in [0, 0.1) is 0 Å². The van der Waals surface area contributed by atoms with Gasteiger partial charge in [0.05, 0.1) is 22.8 Å². The highest BCUT2D eigenvalue weighted by Gasteiger charge is 2.21. The Kier molecular flexibility index (Phi) is 5.01. The first-order valence-electron chi connectivity index (χ1n) is 9.34. The molecular formula is C23H23N3OS. The van der Waals surface area contributed by atoms with Crippen LogP contribution in [0.15, 0.2) is 66.7 Å². The van der Waals surface area contributed by atoms with Gasteiger partial charge in [0, 0.05) is 19.8 Å². The molecule has 0 aliphatic carbocycles. The molecule has 3 aromatic carbocycles. The van der Waals surface area contributed by atoms with Crippen LogP contribution in [-0.4, -0.2) is 36.4 Å². The summed E-state index contributed by atoms with van der Waals surface area (Å²) in [7, 11) is 3.81. The van der Waals surface area contributed by atoms with Crippen LogP contribution in [0.4, 0.5) is 5.69 Å². The first-order valence-corrected chi connectivity index (χ1v) is 10.2. The Labute approximate surface area is 169 Å². The van der Waals surface area contributed by atoms with Gasteiger partial charge >= 0.3 is 0 Å². The van der Waals surface area contributed by atoms with E-state index >= 15 is 0 Å². The Hall–Kier alpha value is -2.92. The third-order valence-electron chi connectivity index (χ3n) is 5.19. The van der Waals surface area contributed by atoms with Gasteiger partial charge in [-0.15, -0.1) is 11.3 Å². The van der Waals surface area contributed by atoms with Crippen LogP contribution in [0.1, 0.15) is 18.0 Å². The van der Waals surface area contributed by atoms with E-state index in [1.54, 1.807) is 16.2 Å². The van der Waals surface area contributed by atoms with Crippen molar-refractivity contribution in [3.63, 3.8) is 0 Å². The van der Waals surface area contributed by atoms with Gasteiger partial charge in [-0.25, -0.2) is 4.98 Å². The second-order valence-electron chi connectivity index (χ2n) is 7.09. The number of anilines is 1. The number of hydrogen-bond acceptors (Lipinski definition) is 4. The minimum absolute atomic E-state index is 0.0603. The summed E-state index contributed by atoms with van der Waals surface area (Å²) in [6.07, 6.45) is 0. The Morgan fingerprint density at radius 3 is 2.50 bits per heavy atom. The topological polar surface area (TPSA) is 36.4 Å². The lowest BCUT2D eigenvalue weighted by Gasteiger charge is -2.27. The first kappa shape index (κ1) is 18.4. The Morgan fingerprint density at radius 1 is 1.00 bits per heavy atom. The number of carbonyl (C=O) groups excluding carboxylic acids is 1. The molecule has 142 valence electrons. The summed E-state index contributed by atoms with van der Waals surface area (Å²) in [5, 5.41) is 3.34. The molecule has 1 amide bonds. The maximum atomic E-state index is 12.9. The molecule has 0 bridgehead atoms. The van der Waals surface area contributed by atoms with Crippen molar-refractivity contribution in [1.29, 1.82) is 0 Å². The Bertz CT molecular complexity index is 1100. The summed E-state index contributed by atoms with van der Waals surface area (Å²) in [4.78, 5) is 21.4. The van der Waals surface area contributed by atoms with E-state index in [-0.39, 0.29) is 11.9 Å². The van der Waals surface area contributed by atoms with Crippen molar-refractivity contribution in [2.45, 2.75) is 13.0 Å². The number of aromatic nitrogens is 1. The fraction of sp³-hybridized carbons (Fsp3) is 0.217. The number of thiazole rings is 1. The molecule has 0 aliphatic heterocycles. The van der Waals surface area contributed by atoms with E-state index in [0.29, 0.717) is 6.54 Å². The predicted molar refractivity (Wildman–Crippen MR) is 118 cm³/mol. The minimum Gasteiger partial charge on any atom is -0.365 e. The summed E-state index contributed by atoms with van der Waals surface area (Å²) in [6.45, 7) is 2.36. The molecule has 1 heterocycles. The highest BCUT2D eigenvalue weighted by Crippen LogP contribution is 2.29. The lowest BCUT2D eigenvalue weighted by atomic mass is 10.1. The molecule has 0 unspecified atom stereocenters. The number of nitrogens with zero attached hydrogens (tertiary/aromatic N) is 3. The van der Waals surface area contributed by atoms with Crippen molar-refractivity contribution in [2.24, 2.45) is 0 Å². The molecule has 0 aliphatic rings. The number of carbonyl (C=O) groups is 1. The maximum Gasteiger partial charge on any atom is 0.242 e. The van der Waals surface area contributed by atoms with Crippen molar-refractivity contribution in [2.75, 3.05) is 25.5 Å². The molecule has 1 aromatic heterocycles. The smallest absolute Gasteiger partial charge is 0.242 e. The average Bonchev–Trinajstić information content (AvgIpc) is 3.16. The van der Waals surface area contributed by atoms with Gasteiger partial charge in [-0.2, -0.15) is 0 Å². The molecule has 0 fully saturated rings. The SMILES string of the molecule is C[C@@H](c1nc2ccccc2s1)N(C)C(=O)CN(C)c1ccc2ccccc2c1. The quantitative estimate of drug-likeness (QED) is 0.476. The minimum atomic E-state index is -0.0603. The number of likely N-dealkylation sites (N-methyl/N-ethyl adjacent to an activating group) is 2. The van der Waals surface area contributed by atoms with Crippen molar-refractivity contribution in [3.8, 4) is 0 Å². The Balaban J connectivity index is 1.48. The lowest BCUT2D eigenvalue weighted by molar-refractivity contribution is -0.130. The highest BCUT2D eigenvalue weighted by molar-refractivity contribution is 7.18. The Morgan fingerprint density at radius 2 is 1.71 bits per heavy atom. The van der Waals surface area contributed by atoms with E-state index < -0.39 is 0 Å².